The molecule has 8 aromatic carbocycles. The zero-order valence-corrected chi connectivity index (χ0v) is 34.7. The van der Waals surface area contributed by atoms with Gasteiger partial charge in [-0.3, -0.25) is 0 Å². The monoisotopic (exact) mass is 804 g/mol. The number of aryl methyl sites for hydroxylation is 2. The van der Waals surface area contributed by atoms with Crippen molar-refractivity contribution in [1.29, 1.82) is 0 Å². The zero-order valence-electron chi connectivity index (χ0n) is 34.7. The summed E-state index contributed by atoms with van der Waals surface area (Å²) in [6.07, 6.45) is 8.54. The van der Waals surface area contributed by atoms with E-state index < -0.39 is 0 Å². The normalized spacial score (nSPS) is 11.8. The van der Waals surface area contributed by atoms with Crippen LogP contribution in [0.4, 0.5) is 22.7 Å². The van der Waals surface area contributed by atoms with Crippen LogP contribution in [0, 0.1) is 0 Å². The maximum Gasteiger partial charge on any atom is 0.0652 e. The van der Waals surface area contributed by atoms with Crippen molar-refractivity contribution in [2.75, 3.05) is 10.0 Å². The molecule has 302 valence electrons. The van der Waals surface area contributed by atoms with E-state index in [2.05, 4.69) is 143 Å². The second kappa shape index (κ2) is 17.9. The van der Waals surface area contributed by atoms with E-state index in [0.29, 0.717) is 0 Å². The number of unbranched alkanes of at least 4 members (excludes halogenated alkanes) is 3. The molecule has 6 nitrogen and oxygen atoms in total. The molecule has 0 saturated heterocycles. The number of hydrogen-bond donors (Lipinski definition) is 0. The number of para-hydroxylation sites is 6. The van der Waals surface area contributed by atoms with Gasteiger partial charge in [-0.05, 0) is 109 Å². The molecule has 62 heavy (non-hydrogen) atoms. The van der Waals surface area contributed by atoms with Gasteiger partial charge in [-0.15, -0.1) is 0 Å². The van der Waals surface area contributed by atoms with Crippen LogP contribution in [0.15, 0.2) is 216 Å². The van der Waals surface area contributed by atoms with Crippen LogP contribution in [0.3, 0.4) is 0 Å². The van der Waals surface area contributed by atoms with Crippen LogP contribution in [0.1, 0.15) is 36.8 Å². The summed E-state index contributed by atoms with van der Waals surface area (Å²) in [6, 6.07) is 72.4. The van der Waals surface area contributed by atoms with Crippen LogP contribution in [0.25, 0.3) is 43.6 Å². The van der Waals surface area contributed by atoms with Crippen LogP contribution in [0.5, 0.6) is 0 Å². The summed E-state index contributed by atoms with van der Waals surface area (Å²) >= 11 is 0. The van der Waals surface area contributed by atoms with E-state index in [1.54, 1.807) is 0 Å². The third-order valence-electron chi connectivity index (χ3n) is 11.8. The minimum Gasteiger partial charge on any atom is -0.340 e. The predicted octanol–water partition coefficient (Wildman–Crippen LogP) is 14.5. The Kier molecular flexibility index (Phi) is 11.1. The molecule has 0 saturated carbocycles. The van der Waals surface area contributed by atoms with Gasteiger partial charge in [-0.2, -0.15) is 10.2 Å². The average molecular weight is 805 g/mol. The maximum absolute atomic E-state index is 4.99. The van der Waals surface area contributed by atoms with Crippen LogP contribution in [0.2, 0.25) is 0 Å². The Bertz CT molecular complexity index is 2840. The second-order valence-electron chi connectivity index (χ2n) is 15.8. The van der Waals surface area contributed by atoms with E-state index in [1.807, 2.05) is 95.2 Å². The third-order valence-corrected chi connectivity index (χ3v) is 11.8. The first-order valence-electron chi connectivity index (χ1n) is 21.7. The molecule has 10 aromatic rings. The summed E-state index contributed by atoms with van der Waals surface area (Å²) in [7, 11) is 0. The van der Waals surface area contributed by atoms with Gasteiger partial charge >= 0.3 is 0 Å². The maximum atomic E-state index is 4.99. The van der Waals surface area contributed by atoms with E-state index in [0.717, 1.165) is 59.8 Å². The van der Waals surface area contributed by atoms with Gasteiger partial charge < -0.3 is 9.13 Å². The number of fused-ring (bicyclic) bond motifs is 6. The van der Waals surface area contributed by atoms with Crippen molar-refractivity contribution in [2.45, 2.75) is 38.8 Å². The van der Waals surface area contributed by atoms with Gasteiger partial charge in [0.15, 0.2) is 0 Å². The Morgan fingerprint density at radius 3 is 1.02 bits per heavy atom. The van der Waals surface area contributed by atoms with E-state index in [4.69, 9.17) is 10.2 Å². The molecule has 0 fully saturated rings. The fourth-order valence-corrected chi connectivity index (χ4v) is 8.77. The first kappa shape index (κ1) is 38.5. The minimum absolute atomic E-state index is 0.985. The number of nitrogens with zero attached hydrogens (tertiary/aromatic N) is 6. The van der Waals surface area contributed by atoms with Gasteiger partial charge in [0.2, 0.25) is 0 Å². The summed E-state index contributed by atoms with van der Waals surface area (Å²) in [5.74, 6) is 0. The van der Waals surface area contributed by atoms with Crippen molar-refractivity contribution in [3.8, 4) is 0 Å². The van der Waals surface area contributed by atoms with Crippen molar-refractivity contribution >= 4 is 78.8 Å². The van der Waals surface area contributed by atoms with Gasteiger partial charge in [0, 0.05) is 56.7 Å². The number of rotatable bonds is 15. The van der Waals surface area contributed by atoms with Crippen molar-refractivity contribution in [3.63, 3.8) is 0 Å². The molecule has 2 heterocycles. The van der Waals surface area contributed by atoms with E-state index in [9.17, 15) is 0 Å². The lowest BCUT2D eigenvalue weighted by atomic mass is 10.1. The molecule has 0 aliphatic carbocycles. The molecule has 0 aliphatic rings. The topological polar surface area (TPSA) is 41.1 Å². The van der Waals surface area contributed by atoms with E-state index >= 15 is 0 Å². The first-order valence-corrected chi connectivity index (χ1v) is 21.7. The highest BCUT2D eigenvalue weighted by molar-refractivity contribution is 6.10. The van der Waals surface area contributed by atoms with Gasteiger partial charge in [0.05, 0.1) is 35.2 Å². The number of benzene rings is 8. The van der Waals surface area contributed by atoms with Gasteiger partial charge in [-0.25, -0.2) is 10.0 Å². The number of hydrazone groups is 2. The van der Waals surface area contributed by atoms with Gasteiger partial charge in [-0.1, -0.05) is 134 Å². The van der Waals surface area contributed by atoms with Crippen molar-refractivity contribution in [3.05, 3.63) is 217 Å². The molecule has 2 aromatic heterocycles. The Labute approximate surface area is 362 Å². The lowest BCUT2D eigenvalue weighted by Crippen LogP contribution is -2.09. The van der Waals surface area contributed by atoms with E-state index in [-0.39, 0.29) is 0 Å². The highest BCUT2D eigenvalue weighted by Gasteiger charge is 2.14. The van der Waals surface area contributed by atoms with Crippen LogP contribution < -0.4 is 10.0 Å². The highest BCUT2D eigenvalue weighted by atomic mass is 15.5. The summed E-state index contributed by atoms with van der Waals surface area (Å²) in [4.78, 5) is 0. The minimum atomic E-state index is 0.985. The summed E-state index contributed by atoms with van der Waals surface area (Å²) in [5.41, 5.74) is 11.4. The second-order valence-corrected chi connectivity index (χ2v) is 15.8. The number of aromatic nitrogens is 2. The highest BCUT2D eigenvalue weighted by Crippen LogP contribution is 2.33. The number of hydrogen-bond acceptors (Lipinski definition) is 4. The predicted molar refractivity (Wildman–Crippen MR) is 263 cm³/mol. The quantitative estimate of drug-likeness (QED) is 0.0588. The van der Waals surface area contributed by atoms with Crippen LogP contribution >= 0.6 is 0 Å². The molecule has 0 radical (unpaired) electrons. The first-order chi connectivity index (χ1) is 30.8. The van der Waals surface area contributed by atoms with Gasteiger partial charge in [0.25, 0.3) is 0 Å². The van der Waals surface area contributed by atoms with Crippen molar-refractivity contribution < 1.29 is 0 Å². The average Bonchev–Trinajstić information content (AvgIpc) is 3.82. The van der Waals surface area contributed by atoms with Gasteiger partial charge in [0.1, 0.15) is 0 Å². The van der Waals surface area contributed by atoms with E-state index in [1.165, 1.54) is 56.5 Å². The Morgan fingerprint density at radius 2 is 0.645 bits per heavy atom. The molecule has 0 N–H and O–H groups in total. The largest absolute Gasteiger partial charge is 0.340 e. The molecular weight excluding hydrogens is 757 g/mol. The van der Waals surface area contributed by atoms with Crippen LogP contribution in [-0.2, 0) is 13.1 Å². The molecule has 10 rings (SSSR count). The lowest BCUT2D eigenvalue weighted by Gasteiger charge is -2.19. The summed E-state index contributed by atoms with van der Waals surface area (Å²) < 4.78 is 5.03. The number of anilines is 4. The Morgan fingerprint density at radius 1 is 0.323 bits per heavy atom. The fraction of sp³-hybridized carbons (Fsp3) is 0.107. The summed E-state index contributed by atoms with van der Waals surface area (Å²) in [5, 5.41) is 19.1. The molecule has 0 spiro atoms. The summed E-state index contributed by atoms with van der Waals surface area (Å²) in [6.45, 7) is 1.97. The Hall–Kier alpha value is -7.70. The fourth-order valence-electron chi connectivity index (χ4n) is 8.77. The third kappa shape index (κ3) is 7.98. The van der Waals surface area contributed by atoms with Crippen molar-refractivity contribution in [2.24, 2.45) is 10.2 Å². The molecule has 0 aliphatic heterocycles. The van der Waals surface area contributed by atoms with Crippen molar-refractivity contribution in [1.82, 2.24) is 9.13 Å². The SMILES string of the molecule is C(=N\N(c1ccccc1)c1ccccc1)/c1ccc2c(c1)c1ccccc1n2CCCCCCn1c2ccccc2c2cc(/C=N/N(c3ccccc3)c3ccccc3)ccc21. The van der Waals surface area contributed by atoms with Crippen LogP contribution in [-0.4, -0.2) is 21.6 Å². The molecular formula is C56H48N6. The smallest absolute Gasteiger partial charge is 0.0652 e. The zero-order chi connectivity index (χ0) is 41.5. The lowest BCUT2D eigenvalue weighted by molar-refractivity contribution is 0.559. The Balaban J connectivity index is 0.824. The molecule has 0 unspecified atom stereocenters. The molecule has 6 heteroatoms. The molecule has 0 atom stereocenters. The standard InChI is InChI=1S/C56H48N6/c1(19-37-59-53-31-17-15-29-49(53)51-39-43(33-35-55(51)59)41-57-61(45-21-7-3-8-22-45)46-23-9-4-10-24-46)2-20-38-60-54-32-18-16-30-50(54)52-40-44(34-36-56(52)60)42-58-62(47-25-11-5-12-26-47)48-27-13-6-14-28-48/h3-18,21-36,39-42H,1-2,19-20,37-38H2/b57-41+,58-42+. The molecule has 0 bridgehead atoms. The molecule has 0 amide bonds.